The second-order valence-corrected chi connectivity index (χ2v) is 3.91. The van der Waals surface area contributed by atoms with Crippen molar-refractivity contribution < 1.29 is 14.7 Å². The standard InChI is InChI=1S/C13H12O3/c1-8(13(15)16)10-7-6-9-4-2-3-5-11(9)12(10)14/h2-5,7-8H,6H2,1H3,(H,15,16). The molecule has 82 valence electrons. The number of benzene rings is 1. The summed E-state index contributed by atoms with van der Waals surface area (Å²) in [5.41, 5.74) is 1.99. The zero-order chi connectivity index (χ0) is 11.7. The van der Waals surface area contributed by atoms with Crippen molar-refractivity contribution >= 4 is 11.8 Å². The lowest BCUT2D eigenvalue weighted by atomic mass is 9.85. The number of allylic oxidation sites excluding steroid dienone is 1. The number of aliphatic carboxylic acids is 1. The van der Waals surface area contributed by atoms with Gasteiger partial charge in [-0.3, -0.25) is 9.59 Å². The highest BCUT2D eigenvalue weighted by Crippen LogP contribution is 2.25. The molecular formula is C13H12O3. The van der Waals surface area contributed by atoms with Gasteiger partial charge in [0.25, 0.3) is 0 Å². The van der Waals surface area contributed by atoms with Gasteiger partial charge in [0, 0.05) is 11.1 Å². The maximum atomic E-state index is 12.0. The molecule has 0 spiro atoms. The van der Waals surface area contributed by atoms with Crippen LogP contribution in [-0.2, 0) is 11.2 Å². The van der Waals surface area contributed by atoms with Crippen molar-refractivity contribution in [1.82, 2.24) is 0 Å². The first-order valence-electron chi connectivity index (χ1n) is 5.16. The Morgan fingerprint density at radius 2 is 2.06 bits per heavy atom. The smallest absolute Gasteiger partial charge is 0.310 e. The first-order chi connectivity index (χ1) is 7.61. The molecule has 0 aromatic heterocycles. The van der Waals surface area contributed by atoms with Crippen molar-refractivity contribution in [2.75, 3.05) is 0 Å². The third kappa shape index (κ3) is 1.65. The predicted octanol–water partition coefficient (Wildman–Crippen LogP) is 2.07. The summed E-state index contributed by atoms with van der Waals surface area (Å²) in [4.78, 5) is 22.9. The lowest BCUT2D eigenvalue weighted by molar-refractivity contribution is -0.139. The van der Waals surface area contributed by atoms with Crippen molar-refractivity contribution in [1.29, 1.82) is 0 Å². The molecule has 0 bridgehead atoms. The van der Waals surface area contributed by atoms with Gasteiger partial charge in [-0.05, 0) is 18.9 Å². The van der Waals surface area contributed by atoms with E-state index in [1.54, 1.807) is 25.1 Å². The number of carboxylic acid groups (broad SMARTS) is 1. The van der Waals surface area contributed by atoms with E-state index in [0.717, 1.165) is 5.56 Å². The van der Waals surface area contributed by atoms with Crippen LogP contribution >= 0.6 is 0 Å². The Kier molecular flexibility index (Phi) is 2.60. The Balaban J connectivity index is 2.39. The molecule has 1 aliphatic rings. The van der Waals surface area contributed by atoms with Crippen molar-refractivity contribution in [3.05, 3.63) is 47.0 Å². The molecule has 1 aromatic rings. The van der Waals surface area contributed by atoms with Gasteiger partial charge in [0.2, 0.25) is 0 Å². The minimum absolute atomic E-state index is 0.156. The number of Topliss-reactive ketones (excluding diaryl/α,β-unsaturated/α-hetero) is 1. The first-order valence-corrected chi connectivity index (χ1v) is 5.16. The molecule has 1 unspecified atom stereocenters. The zero-order valence-corrected chi connectivity index (χ0v) is 8.93. The quantitative estimate of drug-likeness (QED) is 0.823. The maximum Gasteiger partial charge on any atom is 0.310 e. The number of fused-ring (bicyclic) bond motifs is 1. The number of hydrogen-bond donors (Lipinski definition) is 1. The topological polar surface area (TPSA) is 54.4 Å². The number of hydrogen-bond acceptors (Lipinski definition) is 2. The van der Waals surface area contributed by atoms with Crippen molar-refractivity contribution in [2.45, 2.75) is 13.3 Å². The Hall–Kier alpha value is -1.90. The van der Waals surface area contributed by atoms with Crippen molar-refractivity contribution in [3.8, 4) is 0 Å². The Labute approximate surface area is 93.4 Å². The summed E-state index contributed by atoms with van der Waals surface area (Å²) in [7, 11) is 0. The summed E-state index contributed by atoms with van der Waals surface area (Å²) < 4.78 is 0. The Bertz CT molecular complexity index is 486. The minimum atomic E-state index is -0.959. The van der Waals surface area contributed by atoms with E-state index in [9.17, 15) is 9.59 Å². The number of carbonyl (C=O) groups is 2. The molecule has 1 aromatic carbocycles. The second-order valence-electron chi connectivity index (χ2n) is 3.91. The van der Waals surface area contributed by atoms with Gasteiger partial charge >= 0.3 is 5.97 Å². The van der Waals surface area contributed by atoms with E-state index in [4.69, 9.17) is 5.11 Å². The fourth-order valence-electron chi connectivity index (χ4n) is 1.89. The summed E-state index contributed by atoms with van der Waals surface area (Å²) >= 11 is 0. The van der Waals surface area contributed by atoms with Gasteiger partial charge in [0.1, 0.15) is 0 Å². The Morgan fingerprint density at radius 3 is 2.75 bits per heavy atom. The van der Waals surface area contributed by atoms with Crippen LogP contribution in [0.1, 0.15) is 22.8 Å². The minimum Gasteiger partial charge on any atom is -0.481 e. The number of carboxylic acids is 1. The van der Waals surface area contributed by atoms with Crippen LogP contribution in [0.5, 0.6) is 0 Å². The largest absolute Gasteiger partial charge is 0.481 e. The number of ketones is 1. The highest BCUT2D eigenvalue weighted by atomic mass is 16.4. The summed E-state index contributed by atoms with van der Waals surface area (Å²) in [6.45, 7) is 1.54. The summed E-state index contributed by atoms with van der Waals surface area (Å²) in [6, 6.07) is 7.32. The van der Waals surface area contributed by atoms with Crippen LogP contribution in [0, 0.1) is 5.92 Å². The zero-order valence-electron chi connectivity index (χ0n) is 8.93. The average molecular weight is 216 g/mol. The monoisotopic (exact) mass is 216 g/mol. The molecule has 1 atom stereocenters. The molecule has 0 fully saturated rings. The van der Waals surface area contributed by atoms with Crippen LogP contribution in [0.3, 0.4) is 0 Å². The number of rotatable bonds is 2. The first kappa shape index (κ1) is 10.6. The van der Waals surface area contributed by atoms with E-state index in [1.807, 2.05) is 12.1 Å². The molecule has 3 nitrogen and oxygen atoms in total. The normalized spacial score (nSPS) is 16.3. The molecule has 16 heavy (non-hydrogen) atoms. The summed E-state index contributed by atoms with van der Waals surface area (Å²) in [6.07, 6.45) is 2.36. The molecule has 1 aliphatic carbocycles. The highest BCUT2D eigenvalue weighted by molar-refractivity contribution is 6.13. The van der Waals surface area contributed by atoms with Crippen LogP contribution < -0.4 is 0 Å². The summed E-state index contributed by atoms with van der Waals surface area (Å²) in [5, 5.41) is 8.91. The van der Waals surface area contributed by atoms with Crippen LogP contribution in [0.15, 0.2) is 35.9 Å². The average Bonchev–Trinajstić information content (AvgIpc) is 2.29. The highest BCUT2D eigenvalue weighted by Gasteiger charge is 2.27. The van der Waals surface area contributed by atoms with Crippen molar-refractivity contribution in [3.63, 3.8) is 0 Å². The van der Waals surface area contributed by atoms with Gasteiger partial charge in [-0.1, -0.05) is 30.3 Å². The van der Waals surface area contributed by atoms with Gasteiger partial charge in [-0.25, -0.2) is 0 Å². The lowest BCUT2D eigenvalue weighted by Crippen LogP contribution is -2.22. The van der Waals surface area contributed by atoms with Gasteiger partial charge in [0.05, 0.1) is 5.92 Å². The van der Waals surface area contributed by atoms with Crippen LogP contribution in [-0.4, -0.2) is 16.9 Å². The van der Waals surface area contributed by atoms with E-state index >= 15 is 0 Å². The van der Waals surface area contributed by atoms with Crippen LogP contribution in [0.4, 0.5) is 0 Å². The third-order valence-corrected chi connectivity index (χ3v) is 2.90. The third-order valence-electron chi connectivity index (χ3n) is 2.90. The van der Waals surface area contributed by atoms with Gasteiger partial charge in [-0.2, -0.15) is 0 Å². The molecule has 0 aliphatic heterocycles. The van der Waals surface area contributed by atoms with Gasteiger partial charge in [-0.15, -0.1) is 0 Å². The fourth-order valence-corrected chi connectivity index (χ4v) is 1.89. The molecule has 0 saturated heterocycles. The predicted molar refractivity (Wildman–Crippen MR) is 59.4 cm³/mol. The maximum absolute atomic E-state index is 12.0. The molecule has 3 heteroatoms. The molecule has 1 N–H and O–H groups in total. The van der Waals surface area contributed by atoms with Gasteiger partial charge in [0.15, 0.2) is 5.78 Å². The van der Waals surface area contributed by atoms with Crippen LogP contribution in [0.25, 0.3) is 0 Å². The van der Waals surface area contributed by atoms with E-state index in [2.05, 4.69) is 0 Å². The molecular weight excluding hydrogens is 204 g/mol. The molecule has 2 rings (SSSR count). The summed E-state index contributed by atoms with van der Waals surface area (Å²) in [5.74, 6) is -1.85. The fraction of sp³-hybridized carbons (Fsp3) is 0.231. The van der Waals surface area contributed by atoms with Gasteiger partial charge < -0.3 is 5.11 Å². The molecule has 0 radical (unpaired) electrons. The molecule has 0 saturated carbocycles. The van der Waals surface area contributed by atoms with Crippen molar-refractivity contribution in [2.24, 2.45) is 5.92 Å². The lowest BCUT2D eigenvalue weighted by Gasteiger charge is -2.18. The van der Waals surface area contributed by atoms with Crippen LogP contribution in [0.2, 0.25) is 0 Å². The molecule has 0 amide bonds. The number of carbonyl (C=O) groups excluding carboxylic acids is 1. The Morgan fingerprint density at radius 1 is 1.38 bits per heavy atom. The molecule has 0 heterocycles. The SMILES string of the molecule is CC(C(=O)O)C1=CCc2ccccc2C1=O. The van der Waals surface area contributed by atoms with E-state index in [1.165, 1.54) is 0 Å². The van der Waals surface area contributed by atoms with E-state index < -0.39 is 11.9 Å². The van der Waals surface area contributed by atoms with E-state index in [-0.39, 0.29) is 5.78 Å². The second kappa shape index (κ2) is 3.93. The van der Waals surface area contributed by atoms with E-state index in [0.29, 0.717) is 17.6 Å².